The van der Waals surface area contributed by atoms with Gasteiger partial charge in [0.05, 0.1) is 0 Å². The molecule has 1 heterocycles. The second-order valence-corrected chi connectivity index (χ2v) is 4.70. The fourth-order valence-electron chi connectivity index (χ4n) is 2.44. The smallest absolute Gasteiger partial charge is 0.253 e. The normalized spacial score (nSPS) is 19.6. The SMILES string of the molecule is CCCC1CCN(C(=O)c2ccc(F)cc2)C1. The van der Waals surface area contributed by atoms with Gasteiger partial charge >= 0.3 is 0 Å². The lowest BCUT2D eigenvalue weighted by Gasteiger charge is -2.16. The molecule has 0 N–H and O–H groups in total. The lowest BCUT2D eigenvalue weighted by atomic mass is 10.0. The van der Waals surface area contributed by atoms with Gasteiger partial charge in [0.1, 0.15) is 5.82 Å². The van der Waals surface area contributed by atoms with Crippen LogP contribution in [0.2, 0.25) is 0 Å². The Morgan fingerprint density at radius 1 is 1.41 bits per heavy atom. The zero-order valence-corrected chi connectivity index (χ0v) is 10.2. The van der Waals surface area contributed by atoms with Gasteiger partial charge in [-0.3, -0.25) is 4.79 Å². The van der Waals surface area contributed by atoms with Gasteiger partial charge in [0.2, 0.25) is 0 Å². The molecule has 0 aromatic heterocycles. The van der Waals surface area contributed by atoms with Crippen LogP contribution in [0.1, 0.15) is 36.5 Å². The summed E-state index contributed by atoms with van der Waals surface area (Å²) in [6.07, 6.45) is 3.46. The zero-order valence-electron chi connectivity index (χ0n) is 10.2. The highest BCUT2D eigenvalue weighted by atomic mass is 19.1. The maximum absolute atomic E-state index is 12.8. The van der Waals surface area contributed by atoms with Crippen LogP contribution in [0.3, 0.4) is 0 Å². The van der Waals surface area contributed by atoms with Crippen molar-refractivity contribution in [3.8, 4) is 0 Å². The minimum absolute atomic E-state index is 0.0311. The van der Waals surface area contributed by atoms with Gasteiger partial charge in [-0.15, -0.1) is 0 Å². The van der Waals surface area contributed by atoms with Crippen LogP contribution < -0.4 is 0 Å². The molecule has 1 atom stereocenters. The van der Waals surface area contributed by atoms with E-state index in [2.05, 4.69) is 6.92 Å². The van der Waals surface area contributed by atoms with Crippen molar-refractivity contribution in [2.75, 3.05) is 13.1 Å². The molecule has 1 aromatic rings. The Morgan fingerprint density at radius 2 is 2.12 bits per heavy atom. The topological polar surface area (TPSA) is 20.3 Å². The van der Waals surface area contributed by atoms with Crippen LogP contribution in [0, 0.1) is 11.7 Å². The Labute approximate surface area is 101 Å². The largest absolute Gasteiger partial charge is 0.338 e. The van der Waals surface area contributed by atoms with E-state index < -0.39 is 0 Å². The van der Waals surface area contributed by atoms with Crippen molar-refractivity contribution in [2.24, 2.45) is 5.92 Å². The maximum Gasteiger partial charge on any atom is 0.253 e. The maximum atomic E-state index is 12.8. The second-order valence-electron chi connectivity index (χ2n) is 4.70. The van der Waals surface area contributed by atoms with Crippen LogP contribution in [-0.2, 0) is 0 Å². The molecule has 1 unspecified atom stereocenters. The van der Waals surface area contributed by atoms with E-state index >= 15 is 0 Å². The predicted molar refractivity (Wildman–Crippen MR) is 65.3 cm³/mol. The van der Waals surface area contributed by atoms with Gasteiger partial charge in [-0.1, -0.05) is 13.3 Å². The molecule has 1 aliphatic rings. The first-order valence-corrected chi connectivity index (χ1v) is 6.25. The number of benzene rings is 1. The summed E-state index contributed by atoms with van der Waals surface area (Å²) in [4.78, 5) is 14.0. The molecular formula is C14H18FNO. The van der Waals surface area contributed by atoms with Crippen molar-refractivity contribution in [3.63, 3.8) is 0 Å². The number of nitrogens with zero attached hydrogens (tertiary/aromatic N) is 1. The molecule has 92 valence electrons. The first kappa shape index (κ1) is 12.1. The average Bonchev–Trinajstić information content (AvgIpc) is 2.78. The van der Waals surface area contributed by atoms with E-state index in [1.165, 1.54) is 25.0 Å². The van der Waals surface area contributed by atoms with Crippen molar-refractivity contribution in [3.05, 3.63) is 35.6 Å². The minimum Gasteiger partial charge on any atom is -0.338 e. The van der Waals surface area contributed by atoms with E-state index in [9.17, 15) is 9.18 Å². The molecule has 0 aliphatic carbocycles. The summed E-state index contributed by atoms with van der Waals surface area (Å²) < 4.78 is 12.8. The quantitative estimate of drug-likeness (QED) is 0.788. The van der Waals surface area contributed by atoms with Crippen LogP contribution in [0.4, 0.5) is 4.39 Å². The standard InChI is InChI=1S/C14H18FNO/c1-2-3-11-8-9-16(10-11)14(17)12-4-6-13(15)7-5-12/h4-7,11H,2-3,8-10H2,1H3. The summed E-state index contributed by atoms with van der Waals surface area (Å²) in [7, 11) is 0. The molecule has 2 nitrogen and oxygen atoms in total. The van der Waals surface area contributed by atoms with E-state index in [-0.39, 0.29) is 11.7 Å². The van der Waals surface area contributed by atoms with Gasteiger partial charge in [0.15, 0.2) is 0 Å². The van der Waals surface area contributed by atoms with Gasteiger partial charge in [0, 0.05) is 18.7 Å². The van der Waals surface area contributed by atoms with E-state index in [4.69, 9.17) is 0 Å². The van der Waals surface area contributed by atoms with Crippen LogP contribution in [0.25, 0.3) is 0 Å². The third-order valence-electron chi connectivity index (χ3n) is 3.36. The molecule has 2 rings (SSSR count). The minimum atomic E-state index is -0.299. The van der Waals surface area contributed by atoms with Crippen LogP contribution in [-0.4, -0.2) is 23.9 Å². The summed E-state index contributed by atoms with van der Waals surface area (Å²) in [5, 5.41) is 0. The zero-order chi connectivity index (χ0) is 12.3. The van der Waals surface area contributed by atoms with Crippen LogP contribution >= 0.6 is 0 Å². The molecule has 1 aliphatic heterocycles. The number of amides is 1. The third kappa shape index (κ3) is 2.84. The van der Waals surface area contributed by atoms with E-state index in [1.54, 1.807) is 12.1 Å². The Kier molecular flexibility index (Phi) is 3.77. The first-order chi connectivity index (χ1) is 8.20. The Bertz CT molecular complexity index is 388. The van der Waals surface area contributed by atoms with Gasteiger partial charge in [-0.25, -0.2) is 4.39 Å². The Hall–Kier alpha value is -1.38. The summed E-state index contributed by atoms with van der Waals surface area (Å²) >= 11 is 0. The summed E-state index contributed by atoms with van der Waals surface area (Å²) in [5.74, 6) is 0.375. The molecule has 1 saturated heterocycles. The predicted octanol–water partition coefficient (Wildman–Crippen LogP) is 3.09. The lowest BCUT2D eigenvalue weighted by molar-refractivity contribution is 0.0786. The number of carbonyl (C=O) groups is 1. The van der Waals surface area contributed by atoms with E-state index in [1.807, 2.05) is 4.90 Å². The van der Waals surface area contributed by atoms with E-state index in [0.717, 1.165) is 19.5 Å². The Balaban J connectivity index is 1.99. The molecule has 0 spiro atoms. The van der Waals surface area contributed by atoms with Gasteiger partial charge in [0.25, 0.3) is 5.91 Å². The number of carbonyl (C=O) groups excluding carboxylic acids is 1. The van der Waals surface area contributed by atoms with Crippen molar-refractivity contribution < 1.29 is 9.18 Å². The molecule has 1 fully saturated rings. The van der Waals surface area contributed by atoms with Crippen molar-refractivity contribution in [1.29, 1.82) is 0 Å². The number of likely N-dealkylation sites (tertiary alicyclic amines) is 1. The highest BCUT2D eigenvalue weighted by Gasteiger charge is 2.26. The molecular weight excluding hydrogens is 217 g/mol. The highest BCUT2D eigenvalue weighted by molar-refractivity contribution is 5.94. The van der Waals surface area contributed by atoms with E-state index in [0.29, 0.717) is 11.5 Å². The molecule has 3 heteroatoms. The van der Waals surface area contributed by atoms with Gasteiger partial charge in [-0.05, 0) is 43.0 Å². The number of hydrogen-bond donors (Lipinski definition) is 0. The van der Waals surface area contributed by atoms with Crippen LogP contribution in [0.15, 0.2) is 24.3 Å². The van der Waals surface area contributed by atoms with Gasteiger partial charge < -0.3 is 4.90 Å². The molecule has 0 radical (unpaired) electrons. The fraction of sp³-hybridized carbons (Fsp3) is 0.500. The molecule has 1 amide bonds. The second kappa shape index (κ2) is 5.30. The molecule has 17 heavy (non-hydrogen) atoms. The molecule has 1 aromatic carbocycles. The first-order valence-electron chi connectivity index (χ1n) is 6.25. The monoisotopic (exact) mass is 235 g/mol. The van der Waals surface area contributed by atoms with Gasteiger partial charge in [-0.2, -0.15) is 0 Å². The van der Waals surface area contributed by atoms with Crippen molar-refractivity contribution >= 4 is 5.91 Å². The number of rotatable bonds is 3. The summed E-state index contributed by atoms with van der Waals surface area (Å²) in [5.41, 5.74) is 0.587. The highest BCUT2D eigenvalue weighted by Crippen LogP contribution is 2.22. The van der Waals surface area contributed by atoms with Crippen LogP contribution in [0.5, 0.6) is 0 Å². The summed E-state index contributed by atoms with van der Waals surface area (Å²) in [6.45, 7) is 3.86. The summed E-state index contributed by atoms with van der Waals surface area (Å²) in [6, 6.07) is 5.80. The van der Waals surface area contributed by atoms with Crippen molar-refractivity contribution in [2.45, 2.75) is 26.2 Å². The molecule has 0 bridgehead atoms. The fourth-order valence-corrected chi connectivity index (χ4v) is 2.44. The van der Waals surface area contributed by atoms with Crippen molar-refractivity contribution in [1.82, 2.24) is 4.90 Å². The lowest BCUT2D eigenvalue weighted by Crippen LogP contribution is -2.28. The molecule has 0 saturated carbocycles. The number of halogens is 1. The third-order valence-corrected chi connectivity index (χ3v) is 3.36. The number of hydrogen-bond acceptors (Lipinski definition) is 1. The Morgan fingerprint density at radius 3 is 2.76 bits per heavy atom. The average molecular weight is 235 g/mol.